The van der Waals surface area contributed by atoms with Crippen molar-refractivity contribution in [1.82, 2.24) is 10.2 Å². The smallest absolute Gasteiger partial charge is 0.410 e. The SMILES string of the molecule is Cc1cc(N2CCN(C(=O)OC(C)(C)C)CC2)ccc1[N+](=O)[O-].Cc1cc(N2CCNCC2)ccc1[N+](=O)[O-]. The Kier molecular flexibility index (Phi) is 9.68. The van der Waals surface area contributed by atoms with E-state index in [2.05, 4.69) is 15.1 Å². The van der Waals surface area contributed by atoms with Gasteiger partial charge >= 0.3 is 6.09 Å². The minimum absolute atomic E-state index is 0.126. The highest BCUT2D eigenvalue weighted by atomic mass is 16.6. The average Bonchev–Trinajstić information content (AvgIpc) is 2.88. The van der Waals surface area contributed by atoms with Crippen LogP contribution in [0.15, 0.2) is 36.4 Å². The van der Waals surface area contributed by atoms with Crippen LogP contribution >= 0.6 is 0 Å². The number of ether oxygens (including phenoxy) is 1. The van der Waals surface area contributed by atoms with E-state index in [4.69, 9.17) is 4.74 Å². The third-order valence-electron chi connectivity index (χ3n) is 6.53. The van der Waals surface area contributed by atoms with Gasteiger partial charge in [0, 0.05) is 87.0 Å². The quantitative estimate of drug-likeness (QED) is 0.444. The Morgan fingerprint density at radius 1 is 0.795 bits per heavy atom. The number of piperazine rings is 2. The number of nitrogens with one attached hydrogen (secondary N) is 1. The lowest BCUT2D eigenvalue weighted by Crippen LogP contribution is -2.50. The molecule has 4 rings (SSSR count). The summed E-state index contributed by atoms with van der Waals surface area (Å²) in [6, 6.07) is 10.4. The van der Waals surface area contributed by atoms with Crippen LogP contribution in [-0.4, -0.2) is 78.8 Å². The molecule has 0 bridgehead atoms. The molecule has 0 radical (unpaired) electrons. The van der Waals surface area contributed by atoms with Gasteiger partial charge in [-0.1, -0.05) is 0 Å². The molecule has 12 nitrogen and oxygen atoms in total. The Labute approximate surface area is 228 Å². The van der Waals surface area contributed by atoms with Crippen molar-refractivity contribution < 1.29 is 19.4 Å². The highest BCUT2D eigenvalue weighted by molar-refractivity contribution is 5.68. The van der Waals surface area contributed by atoms with Gasteiger partial charge in [0.1, 0.15) is 5.60 Å². The van der Waals surface area contributed by atoms with Gasteiger partial charge in [0.25, 0.3) is 11.4 Å². The topological polar surface area (TPSA) is 134 Å². The first-order chi connectivity index (χ1) is 18.4. The van der Waals surface area contributed by atoms with Crippen LogP contribution in [0.5, 0.6) is 0 Å². The number of benzene rings is 2. The van der Waals surface area contributed by atoms with Gasteiger partial charge in [0.15, 0.2) is 0 Å². The molecular formula is C27H38N6O6. The number of nitrogens with zero attached hydrogens (tertiary/aromatic N) is 5. The molecule has 212 valence electrons. The summed E-state index contributed by atoms with van der Waals surface area (Å²) >= 11 is 0. The van der Waals surface area contributed by atoms with E-state index in [0.717, 1.165) is 43.1 Å². The number of hydrogen-bond donors (Lipinski definition) is 1. The molecular weight excluding hydrogens is 504 g/mol. The predicted molar refractivity (Wildman–Crippen MR) is 151 cm³/mol. The van der Waals surface area contributed by atoms with Gasteiger partial charge < -0.3 is 24.8 Å². The van der Waals surface area contributed by atoms with E-state index in [-0.39, 0.29) is 27.3 Å². The van der Waals surface area contributed by atoms with Crippen molar-refractivity contribution in [3.8, 4) is 0 Å². The predicted octanol–water partition coefficient (Wildman–Crippen LogP) is 4.27. The molecule has 1 N–H and O–H groups in total. The van der Waals surface area contributed by atoms with Gasteiger partial charge in [-0.3, -0.25) is 20.2 Å². The molecule has 2 aromatic carbocycles. The molecule has 2 aromatic rings. The van der Waals surface area contributed by atoms with E-state index in [9.17, 15) is 25.0 Å². The molecule has 0 atom stereocenters. The van der Waals surface area contributed by atoms with Crippen molar-refractivity contribution in [3.63, 3.8) is 0 Å². The summed E-state index contributed by atoms with van der Waals surface area (Å²) in [6.07, 6.45) is -0.294. The Morgan fingerprint density at radius 3 is 1.62 bits per heavy atom. The number of anilines is 2. The Balaban J connectivity index is 0.000000230. The molecule has 2 saturated heterocycles. The maximum absolute atomic E-state index is 12.0. The molecule has 0 unspecified atom stereocenters. The van der Waals surface area contributed by atoms with Crippen molar-refractivity contribution in [1.29, 1.82) is 0 Å². The minimum atomic E-state index is -0.496. The largest absolute Gasteiger partial charge is 0.444 e. The zero-order valence-electron chi connectivity index (χ0n) is 23.3. The fourth-order valence-electron chi connectivity index (χ4n) is 4.48. The van der Waals surface area contributed by atoms with E-state index in [1.165, 1.54) is 6.07 Å². The van der Waals surface area contributed by atoms with E-state index in [0.29, 0.717) is 31.7 Å². The molecule has 0 aliphatic carbocycles. The third kappa shape index (κ3) is 8.28. The van der Waals surface area contributed by atoms with Crippen LogP contribution < -0.4 is 15.1 Å². The summed E-state index contributed by atoms with van der Waals surface area (Å²) in [6.45, 7) is 15.4. The van der Waals surface area contributed by atoms with Crippen molar-refractivity contribution >= 4 is 28.8 Å². The summed E-state index contributed by atoms with van der Waals surface area (Å²) in [5, 5.41) is 24.8. The van der Waals surface area contributed by atoms with Crippen LogP contribution in [-0.2, 0) is 4.74 Å². The molecule has 2 aliphatic rings. The third-order valence-corrected chi connectivity index (χ3v) is 6.53. The molecule has 0 spiro atoms. The van der Waals surface area contributed by atoms with Crippen LogP contribution in [0, 0.1) is 34.1 Å². The van der Waals surface area contributed by atoms with Crippen LogP contribution in [0.3, 0.4) is 0 Å². The van der Waals surface area contributed by atoms with Gasteiger partial charge in [0.05, 0.1) is 9.85 Å². The van der Waals surface area contributed by atoms with Crippen LogP contribution in [0.2, 0.25) is 0 Å². The number of aryl methyl sites for hydroxylation is 2. The lowest BCUT2D eigenvalue weighted by Gasteiger charge is -2.36. The number of rotatable bonds is 4. The number of hydrogen-bond acceptors (Lipinski definition) is 9. The molecule has 12 heteroatoms. The zero-order valence-corrected chi connectivity index (χ0v) is 23.3. The Hall–Kier alpha value is -3.93. The maximum atomic E-state index is 12.0. The summed E-state index contributed by atoms with van der Waals surface area (Å²) in [5.41, 5.74) is 3.20. The highest BCUT2D eigenvalue weighted by Gasteiger charge is 2.26. The second-order valence-corrected chi connectivity index (χ2v) is 10.6. The number of nitro benzene ring substituents is 2. The van der Waals surface area contributed by atoms with Gasteiger partial charge in [-0.2, -0.15) is 0 Å². The summed E-state index contributed by atoms with van der Waals surface area (Å²) in [7, 11) is 0. The van der Waals surface area contributed by atoms with Gasteiger partial charge in [-0.15, -0.1) is 0 Å². The van der Waals surface area contributed by atoms with Gasteiger partial charge in [-0.05, 0) is 58.9 Å². The minimum Gasteiger partial charge on any atom is -0.444 e. The second kappa shape index (κ2) is 12.7. The monoisotopic (exact) mass is 542 g/mol. The van der Waals surface area contributed by atoms with Crippen LogP contribution in [0.25, 0.3) is 0 Å². The lowest BCUT2D eigenvalue weighted by atomic mass is 10.1. The maximum Gasteiger partial charge on any atom is 0.410 e. The molecule has 39 heavy (non-hydrogen) atoms. The zero-order chi connectivity index (χ0) is 28.7. The van der Waals surface area contributed by atoms with Crippen molar-refractivity contribution in [3.05, 3.63) is 67.8 Å². The Morgan fingerprint density at radius 2 is 1.23 bits per heavy atom. The highest BCUT2D eigenvalue weighted by Crippen LogP contribution is 2.26. The van der Waals surface area contributed by atoms with E-state index < -0.39 is 5.60 Å². The molecule has 0 aromatic heterocycles. The normalized spacial score (nSPS) is 15.8. The number of amides is 1. The van der Waals surface area contributed by atoms with Crippen molar-refractivity contribution in [2.45, 2.75) is 40.2 Å². The fourth-order valence-corrected chi connectivity index (χ4v) is 4.48. The van der Waals surface area contributed by atoms with Crippen molar-refractivity contribution in [2.75, 3.05) is 62.2 Å². The fraction of sp³-hybridized carbons (Fsp3) is 0.519. The van der Waals surface area contributed by atoms with E-state index >= 15 is 0 Å². The first-order valence-corrected chi connectivity index (χ1v) is 13.0. The van der Waals surface area contributed by atoms with Crippen LogP contribution in [0.4, 0.5) is 27.5 Å². The van der Waals surface area contributed by atoms with E-state index in [1.54, 1.807) is 30.9 Å². The first-order valence-electron chi connectivity index (χ1n) is 13.0. The van der Waals surface area contributed by atoms with Crippen LogP contribution in [0.1, 0.15) is 31.9 Å². The van der Waals surface area contributed by atoms with Gasteiger partial charge in [0.2, 0.25) is 0 Å². The number of carbonyl (C=O) groups excluding carboxylic acids is 1. The Bertz CT molecular complexity index is 1180. The summed E-state index contributed by atoms with van der Waals surface area (Å²) in [4.78, 5) is 39.0. The summed E-state index contributed by atoms with van der Waals surface area (Å²) in [5.74, 6) is 0. The molecule has 2 aliphatic heterocycles. The number of nitro groups is 2. The second-order valence-electron chi connectivity index (χ2n) is 10.6. The van der Waals surface area contributed by atoms with E-state index in [1.807, 2.05) is 39.0 Å². The first kappa shape index (κ1) is 29.6. The molecule has 1 amide bonds. The standard InChI is InChI=1S/C16H23N3O4.C11H15N3O2/c1-12-11-13(5-6-14(12)19(21)22)17-7-9-18(10-8-17)15(20)23-16(2,3)4;1-9-8-10(2-3-11(9)14(15)16)13-6-4-12-5-7-13/h5-6,11H,7-10H2,1-4H3;2-3,8,12H,4-7H2,1H3. The molecule has 2 heterocycles. The number of carbonyl (C=O) groups is 1. The average molecular weight is 543 g/mol. The van der Waals surface area contributed by atoms with Crippen molar-refractivity contribution in [2.24, 2.45) is 0 Å². The molecule has 0 saturated carbocycles. The van der Waals surface area contributed by atoms with Gasteiger partial charge in [-0.25, -0.2) is 4.79 Å². The summed E-state index contributed by atoms with van der Waals surface area (Å²) < 4.78 is 5.37. The molecule has 2 fully saturated rings. The lowest BCUT2D eigenvalue weighted by molar-refractivity contribution is -0.385.